The second-order valence-electron chi connectivity index (χ2n) is 4.22. The van der Waals surface area contributed by atoms with E-state index in [4.69, 9.17) is 10.3 Å². The fourth-order valence-corrected chi connectivity index (χ4v) is 1.83. The van der Waals surface area contributed by atoms with Gasteiger partial charge in [-0.25, -0.2) is 4.79 Å². The number of rotatable bonds is 7. The van der Waals surface area contributed by atoms with E-state index in [1.54, 1.807) is 27.0 Å². The summed E-state index contributed by atoms with van der Waals surface area (Å²) < 4.78 is 5.10. The predicted octanol–water partition coefficient (Wildman–Crippen LogP) is 1.46. The highest BCUT2D eigenvalue weighted by molar-refractivity contribution is 5.81. The van der Waals surface area contributed by atoms with Crippen LogP contribution in [0.4, 0.5) is 0 Å². The highest BCUT2D eigenvalue weighted by atomic mass is 16.5. The minimum Gasteiger partial charge on any atom is -0.464 e. The Labute approximate surface area is 117 Å². The third-order valence-electron chi connectivity index (χ3n) is 2.79. The van der Waals surface area contributed by atoms with E-state index < -0.39 is 11.5 Å². The SMILES string of the molecule is CCOC(=O)C(C)(NCCN=[N+]=[N-])c1nccnc1C. The van der Waals surface area contributed by atoms with Crippen molar-refractivity contribution in [1.29, 1.82) is 0 Å². The Morgan fingerprint density at radius 1 is 1.55 bits per heavy atom. The van der Waals surface area contributed by atoms with E-state index in [0.29, 0.717) is 17.9 Å². The summed E-state index contributed by atoms with van der Waals surface area (Å²) in [6, 6.07) is 0. The van der Waals surface area contributed by atoms with Gasteiger partial charge in [0, 0.05) is 30.4 Å². The summed E-state index contributed by atoms with van der Waals surface area (Å²) in [5.74, 6) is -0.440. The van der Waals surface area contributed by atoms with Crippen molar-refractivity contribution in [3.05, 3.63) is 34.2 Å². The first-order chi connectivity index (χ1) is 9.56. The number of nitrogens with one attached hydrogen (secondary N) is 1. The summed E-state index contributed by atoms with van der Waals surface area (Å²) in [6.07, 6.45) is 3.08. The van der Waals surface area contributed by atoms with Crippen LogP contribution in [0.15, 0.2) is 17.5 Å². The van der Waals surface area contributed by atoms with E-state index in [9.17, 15) is 4.79 Å². The fourth-order valence-electron chi connectivity index (χ4n) is 1.83. The highest BCUT2D eigenvalue weighted by Crippen LogP contribution is 2.22. The van der Waals surface area contributed by atoms with Crippen LogP contribution in [0.5, 0.6) is 0 Å². The van der Waals surface area contributed by atoms with Crippen LogP contribution in [0.1, 0.15) is 25.2 Å². The molecular formula is C12H18N6O2. The van der Waals surface area contributed by atoms with Gasteiger partial charge in [0.1, 0.15) is 0 Å². The first-order valence-corrected chi connectivity index (χ1v) is 6.27. The van der Waals surface area contributed by atoms with Gasteiger partial charge in [0.05, 0.1) is 18.0 Å². The number of nitrogens with zero attached hydrogens (tertiary/aromatic N) is 5. The Morgan fingerprint density at radius 2 is 2.25 bits per heavy atom. The monoisotopic (exact) mass is 278 g/mol. The summed E-state index contributed by atoms with van der Waals surface area (Å²) in [5, 5.41) is 6.46. The van der Waals surface area contributed by atoms with Gasteiger partial charge in [0.15, 0.2) is 5.54 Å². The fraction of sp³-hybridized carbons (Fsp3) is 0.583. The average Bonchev–Trinajstić information content (AvgIpc) is 2.44. The molecule has 0 saturated heterocycles. The third-order valence-corrected chi connectivity index (χ3v) is 2.79. The maximum Gasteiger partial charge on any atom is 0.332 e. The van der Waals surface area contributed by atoms with Gasteiger partial charge in [-0.05, 0) is 26.3 Å². The number of esters is 1. The normalized spacial score (nSPS) is 13.2. The van der Waals surface area contributed by atoms with Crippen LogP contribution in [-0.2, 0) is 15.1 Å². The molecule has 0 aliphatic rings. The van der Waals surface area contributed by atoms with E-state index in [1.807, 2.05) is 0 Å². The zero-order valence-electron chi connectivity index (χ0n) is 11.8. The summed E-state index contributed by atoms with van der Waals surface area (Å²) in [7, 11) is 0. The van der Waals surface area contributed by atoms with Crippen LogP contribution < -0.4 is 5.32 Å². The molecule has 1 aromatic rings. The van der Waals surface area contributed by atoms with Crippen LogP contribution >= 0.6 is 0 Å². The van der Waals surface area contributed by atoms with Crippen LogP contribution in [0.2, 0.25) is 0 Å². The average molecular weight is 278 g/mol. The Hall–Kier alpha value is -2.18. The minimum absolute atomic E-state index is 0.227. The van der Waals surface area contributed by atoms with Gasteiger partial charge in [-0.3, -0.25) is 15.3 Å². The highest BCUT2D eigenvalue weighted by Gasteiger charge is 2.39. The number of carbonyl (C=O) groups excluding carboxylic acids is 1. The largest absolute Gasteiger partial charge is 0.464 e. The molecule has 0 bridgehead atoms. The van der Waals surface area contributed by atoms with Crippen molar-refractivity contribution in [1.82, 2.24) is 15.3 Å². The van der Waals surface area contributed by atoms with E-state index in [0.717, 1.165) is 0 Å². The number of hydrogen-bond acceptors (Lipinski definition) is 6. The molecule has 0 spiro atoms. The maximum atomic E-state index is 12.2. The molecule has 0 aromatic carbocycles. The van der Waals surface area contributed by atoms with Gasteiger partial charge in [-0.15, -0.1) is 0 Å². The lowest BCUT2D eigenvalue weighted by atomic mass is 9.95. The van der Waals surface area contributed by atoms with Crippen molar-refractivity contribution >= 4 is 5.97 Å². The zero-order valence-corrected chi connectivity index (χ0v) is 11.8. The molecule has 1 heterocycles. The zero-order chi connectivity index (χ0) is 15.0. The lowest BCUT2D eigenvalue weighted by molar-refractivity contribution is -0.151. The number of azide groups is 1. The molecule has 0 aliphatic carbocycles. The van der Waals surface area contributed by atoms with Crippen molar-refractivity contribution in [3.8, 4) is 0 Å². The predicted molar refractivity (Wildman–Crippen MR) is 72.8 cm³/mol. The lowest BCUT2D eigenvalue weighted by Crippen LogP contribution is -2.49. The van der Waals surface area contributed by atoms with Gasteiger partial charge in [-0.2, -0.15) is 0 Å². The Morgan fingerprint density at radius 3 is 2.85 bits per heavy atom. The van der Waals surface area contributed by atoms with E-state index in [1.165, 1.54) is 6.20 Å². The number of aryl methyl sites for hydroxylation is 1. The standard InChI is InChI=1S/C12H18N6O2/c1-4-20-11(19)12(3,16-7-8-17-18-13)10-9(2)14-5-6-15-10/h5-6,16H,4,7-8H2,1-3H3. The van der Waals surface area contributed by atoms with Crippen molar-refractivity contribution in [2.24, 2.45) is 5.11 Å². The molecular weight excluding hydrogens is 260 g/mol. The quantitative estimate of drug-likeness (QED) is 0.267. The van der Waals surface area contributed by atoms with Crippen molar-refractivity contribution in [2.45, 2.75) is 26.3 Å². The van der Waals surface area contributed by atoms with Crippen LogP contribution in [0.25, 0.3) is 10.4 Å². The van der Waals surface area contributed by atoms with Crippen molar-refractivity contribution in [2.75, 3.05) is 19.7 Å². The number of aromatic nitrogens is 2. The Balaban J connectivity index is 3.03. The molecule has 0 aliphatic heterocycles. The van der Waals surface area contributed by atoms with E-state index >= 15 is 0 Å². The van der Waals surface area contributed by atoms with Gasteiger partial charge < -0.3 is 4.74 Å². The molecule has 1 aromatic heterocycles. The number of hydrogen-bond donors (Lipinski definition) is 1. The van der Waals surface area contributed by atoms with Crippen LogP contribution in [-0.4, -0.2) is 35.6 Å². The molecule has 1 rings (SSSR count). The second-order valence-corrected chi connectivity index (χ2v) is 4.22. The summed E-state index contributed by atoms with van der Waals surface area (Å²) in [5.41, 5.74) is 8.28. The lowest BCUT2D eigenvalue weighted by Gasteiger charge is -2.28. The molecule has 0 amide bonds. The van der Waals surface area contributed by atoms with Crippen molar-refractivity contribution in [3.63, 3.8) is 0 Å². The van der Waals surface area contributed by atoms with E-state index in [-0.39, 0.29) is 13.2 Å². The topological polar surface area (TPSA) is 113 Å². The van der Waals surface area contributed by atoms with Crippen LogP contribution in [0.3, 0.4) is 0 Å². The summed E-state index contributed by atoms with van der Waals surface area (Å²) in [6.45, 7) is 6.01. The summed E-state index contributed by atoms with van der Waals surface area (Å²) >= 11 is 0. The molecule has 8 nitrogen and oxygen atoms in total. The third kappa shape index (κ3) is 3.66. The Bertz CT molecular complexity index is 514. The van der Waals surface area contributed by atoms with Gasteiger partial charge >= 0.3 is 5.97 Å². The first kappa shape index (κ1) is 15.9. The van der Waals surface area contributed by atoms with Gasteiger partial charge in [-0.1, -0.05) is 5.11 Å². The van der Waals surface area contributed by atoms with E-state index in [2.05, 4.69) is 25.3 Å². The van der Waals surface area contributed by atoms with Gasteiger partial charge in [0.2, 0.25) is 0 Å². The molecule has 1 atom stereocenters. The molecule has 0 saturated carbocycles. The van der Waals surface area contributed by atoms with Crippen LogP contribution in [0, 0.1) is 6.92 Å². The first-order valence-electron chi connectivity index (χ1n) is 6.27. The number of ether oxygens (including phenoxy) is 1. The minimum atomic E-state index is -1.13. The smallest absolute Gasteiger partial charge is 0.332 e. The maximum absolute atomic E-state index is 12.2. The number of carbonyl (C=O) groups is 1. The molecule has 108 valence electrons. The molecule has 8 heteroatoms. The molecule has 0 radical (unpaired) electrons. The van der Waals surface area contributed by atoms with Gasteiger partial charge in [0.25, 0.3) is 0 Å². The molecule has 1 unspecified atom stereocenters. The molecule has 0 fully saturated rings. The van der Waals surface area contributed by atoms with Crippen molar-refractivity contribution < 1.29 is 9.53 Å². The molecule has 1 N–H and O–H groups in total. The Kier molecular flexibility index (Phi) is 5.89. The molecule has 20 heavy (non-hydrogen) atoms. The summed E-state index contributed by atoms with van der Waals surface area (Å²) in [4.78, 5) is 23.3. The second kappa shape index (κ2) is 7.42.